The van der Waals surface area contributed by atoms with Gasteiger partial charge in [-0.25, -0.2) is 0 Å². The van der Waals surface area contributed by atoms with Gasteiger partial charge in [-0.1, -0.05) is 24.8 Å². The Labute approximate surface area is 236 Å². The van der Waals surface area contributed by atoms with Crippen LogP contribution >= 0.6 is 0 Å². The van der Waals surface area contributed by atoms with E-state index in [0.29, 0.717) is 36.8 Å². The Kier molecular flexibility index (Phi) is 9.03. The number of benzene rings is 2. The fraction of sp³-hybridized carbons (Fsp3) is 0.355. The van der Waals surface area contributed by atoms with Gasteiger partial charge in [-0.15, -0.1) is 0 Å². The van der Waals surface area contributed by atoms with Gasteiger partial charge in [0.2, 0.25) is 0 Å². The summed E-state index contributed by atoms with van der Waals surface area (Å²) in [6.07, 6.45) is 6.54. The molecule has 2 aliphatic heterocycles. The minimum atomic E-state index is -0.298. The number of rotatable bonds is 12. The van der Waals surface area contributed by atoms with Crippen molar-refractivity contribution in [3.63, 3.8) is 0 Å². The molecule has 2 aromatic carbocycles. The van der Waals surface area contributed by atoms with Crippen molar-refractivity contribution >= 4 is 23.0 Å². The molecule has 1 amide bonds. The van der Waals surface area contributed by atoms with Crippen molar-refractivity contribution in [3.05, 3.63) is 84.5 Å². The van der Waals surface area contributed by atoms with Crippen LogP contribution in [-0.4, -0.2) is 60.1 Å². The van der Waals surface area contributed by atoms with Gasteiger partial charge < -0.3 is 35.6 Å². The predicted octanol–water partition coefficient (Wildman–Crippen LogP) is 4.95. The third-order valence-corrected chi connectivity index (χ3v) is 7.20. The highest BCUT2D eigenvalue weighted by Crippen LogP contribution is 2.33. The van der Waals surface area contributed by atoms with Crippen LogP contribution < -0.4 is 25.8 Å². The molecule has 3 aromatic rings. The highest BCUT2D eigenvalue weighted by atomic mass is 16.6. The molecule has 1 aromatic heterocycles. The summed E-state index contributed by atoms with van der Waals surface area (Å²) >= 11 is 0. The number of fused-ring (bicyclic) bond motifs is 1. The Morgan fingerprint density at radius 1 is 1.00 bits per heavy atom. The van der Waals surface area contributed by atoms with E-state index in [2.05, 4.69) is 32.0 Å². The predicted molar refractivity (Wildman–Crippen MR) is 159 cm³/mol. The largest absolute Gasteiger partial charge is 0.486 e. The number of nitrogens with zero attached hydrogens (tertiary/aromatic N) is 3. The molecular formula is C31H38N6O3. The van der Waals surface area contributed by atoms with Gasteiger partial charge >= 0.3 is 0 Å². The van der Waals surface area contributed by atoms with Gasteiger partial charge in [-0.3, -0.25) is 9.78 Å². The van der Waals surface area contributed by atoms with Gasteiger partial charge in [0.15, 0.2) is 11.5 Å². The molecule has 1 saturated heterocycles. The SMILES string of the molecule is C=C(Nc1ccc2c(c1)OCCO2)N(CCCCN1CCCC1)Cc1ccc(C(=O)Nc2ccccc2N)nc1. The summed E-state index contributed by atoms with van der Waals surface area (Å²) in [5.41, 5.74) is 9.25. The van der Waals surface area contributed by atoms with Crippen molar-refractivity contribution in [1.29, 1.82) is 0 Å². The van der Waals surface area contributed by atoms with Crippen molar-refractivity contribution in [1.82, 2.24) is 14.8 Å². The molecule has 0 bridgehead atoms. The number of unbranched alkanes of at least 4 members (excludes halogenated alkanes) is 1. The van der Waals surface area contributed by atoms with E-state index < -0.39 is 0 Å². The third kappa shape index (κ3) is 7.24. The number of anilines is 3. The number of carbonyl (C=O) groups is 1. The number of likely N-dealkylation sites (tertiary alicyclic amines) is 1. The topological polar surface area (TPSA) is 105 Å². The number of nitrogens with one attached hydrogen (secondary N) is 2. The molecule has 9 heteroatoms. The first-order chi connectivity index (χ1) is 19.5. The average Bonchev–Trinajstić information content (AvgIpc) is 3.50. The average molecular weight is 543 g/mol. The maximum atomic E-state index is 12.7. The second-order valence-electron chi connectivity index (χ2n) is 10.2. The van der Waals surface area contributed by atoms with Crippen LogP contribution in [-0.2, 0) is 6.54 Å². The van der Waals surface area contributed by atoms with Crippen LogP contribution in [0.4, 0.5) is 17.1 Å². The standard InChI is InChI=1S/C31H38N6O3/c1-23(34-25-11-13-29-30(20-25)40-19-18-39-29)37(17-7-6-16-36-14-4-5-15-36)22-24-10-12-28(33-21-24)31(38)35-27-9-3-2-8-26(27)32/h2-3,8-13,20-21,34H,1,4-7,14-19,22,32H2,(H,35,38). The van der Waals surface area contributed by atoms with Crippen molar-refractivity contribution in [2.45, 2.75) is 32.2 Å². The molecule has 0 unspecified atom stereocenters. The zero-order chi connectivity index (χ0) is 27.7. The first-order valence-electron chi connectivity index (χ1n) is 14.0. The minimum Gasteiger partial charge on any atom is -0.486 e. The van der Waals surface area contributed by atoms with Crippen LogP contribution in [0.3, 0.4) is 0 Å². The van der Waals surface area contributed by atoms with Crippen molar-refractivity contribution in [2.75, 3.05) is 55.8 Å². The Morgan fingerprint density at radius 2 is 1.80 bits per heavy atom. The van der Waals surface area contributed by atoms with Crippen LogP contribution in [0, 0.1) is 0 Å². The zero-order valence-electron chi connectivity index (χ0n) is 22.9. The number of carbonyl (C=O) groups excluding carboxylic acids is 1. The molecule has 0 saturated carbocycles. The number of hydrogen-bond acceptors (Lipinski definition) is 8. The molecule has 210 valence electrons. The van der Waals surface area contributed by atoms with E-state index in [4.69, 9.17) is 15.2 Å². The van der Waals surface area contributed by atoms with Crippen LogP contribution in [0.2, 0.25) is 0 Å². The van der Waals surface area contributed by atoms with Crippen molar-refractivity contribution in [3.8, 4) is 11.5 Å². The number of nitrogen functional groups attached to an aromatic ring is 1. The summed E-state index contributed by atoms with van der Waals surface area (Å²) in [6.45, 7) is 10.5. The number of nitrogens with two attached hydrogens (primary N) is 1. The fourth-order valence-corrected chi connectivity index (χ4v) is 4.99. The van der Waals surface area contributed by atoms with Gasteiger partial charge in [-0.2, -0.15) is 0 Å². The maximum absolute atomic E-state index is 12.7. The van der Waals surface area contributed by atoms with Gasteiger partial charge in [0.25, 0.3) is 5.91 Å². The van der Waals surface area contributed by atoms with Gasteiger partial charge in [0, 0.05) is 31.0 Å². The van der Waals surface area contributed by atoms with E-state index in [1.54, 1.807) is 24.4 Å². The minimum absolute atomic E-state index is 0.298. The lowest BCUT2D eigenvalue weighted by Crippen LogP contribution is -2.28. The maximum Gasteiger partial charge on any atom is 0.274 e. The van der Waals surface area contributed by atoms with Crippen LogP contribution in [0.25, 0.3) is 0 Å². The Morgan fingerprint density at radius 3 is 2.58 bits per heavy atom. The molecular weight excluding hydrogens is 504 g/mol. The summed E-state index contributed by atoms with van der Waals surface area (Å²) in [4.78, 5) is 21.9. The number of hydrogen-bond donors (Lipinski definition) is 3. The lowest BCUT2D eigenvalue weighted by Gasteiger charge is -2.28. The summed E-state index contributed by atoms with van der Waals surface area (Å²) in [5.74, 6) is 1.98. The van der Waals surface area contributed by atoms with Crippen molar-refractivity contribution < 1.29 is 14.3 Å². The molecule has 4 N–H and O–H groups in total. The number of para-hydroxylation sites is 2. The highest BCUT2D eigenvalue weighted by Gasteiger charge is 2.16. The van der Waals surface area contributed by atoms with Gasteiger partial charge in [0.05, 0.1) is 17.2 Å². The molecule has 0 spiro atoms. The summed E-state index contributed by atoms with van der Waals surface area (Å²) in [7, 11) is 0. The first kappa shape index (κ1) is 27.3. The molecule has 0 atom stereocenters. The van der Waals surface area contributed by atoms with E-state index in [1.807, 2.05) is 36.4 Å². The van der Waals surface area contributed by atoms with Crippen LogP contribution in [0.1, 0.15) is 41.7 Å². The number of pyridine rings is 1. The summed E-state index contributed by atoms with van der Waals surface area (Å²) in [5, 5.41) is 6.27. The molecule has 1 fully saturated rings. The molecule has 0 aliphatic carbocycles. The molecule has 0 radical (unpaired) electrons. The van der Waals surface area contributed by atoms with E-state index in [1.165, 1.54) is 25.9 Å². The summed E-state index contributed by atoms with van der Waals surface area (Å²) < 4.78 is 11.4. The smallest absolute Gasteiger partial charge is 0.274 e. The monoisotopic (exact) mass is 542 g/mol. The number of amides is 1. The molecule has 3 heterocycles. The Hall–Kier alpha value is -4.24. The van der Waals surface area contributed by atoms with Gasteiger partial charge in [0.1, 0.15) is 18.9 Å². The van der Waals surface area contributed by atoms with Gasteiger partial charge in [-0.05, 0) is 81.2 Å². The first-order valence-corrected chi connectivity index (χ1v) is 14.0. The van der Waals surface area contributed by atoms with Crippen LogP contribution in [0.5, 0.6) is 11.5 Å². The van der Waals surface area contributed by atoms with E-state index in [9.17, 15) is 4.79 Å². The van der Waals surface area contributed by atoms with Crippen molar-refractivity contribution in [2.24, 2.45) is 0 Å². The fourth-order valence-electron chi connectivity index (χ4n) is 4.99. The lowest BCUT2D eigenvalue weighted by atomic mass is 10.2. The quantitative estimate of drug-likeness (QED) is 0.218. The molecule has 40 heavy (non-hydrogen) atoms. The molecule has 2 aliphatic rings. The van der Waals surface area contributed by atoms with Crippen LogP contribution in [0.15, 0.2) is 73.2 Å². The Balaban J connectivity index is 1.22. The third-order valence-electron chi connectivity index (χ3n) is 7.20. The van der Waals surface area contributed by atoms with E-state index in [-0.39, 0.29) is 5.91 Å². The Bertz CT molecular complexity index is 1310. The lowest BCUT2D eigenvalue weighted by molar-refractivity contribution is 0.102. The summed E-state index contributed by atoms with van der Waals surface area (Å²) in [6, 6.07) is 16.7. The molecule has 9 nitrogen and oxygen atoms in total. The highest BCUT2D eigenvalue weighted by molar-refractivity contribution is 6.04. The van der Waals surface area contributed by atoms with E-state index in [0.717, 1.165) is 54.5 Å². The second kappa shape index (κ2) is 13.2. The number of aromatic nitrogens is 1. The molecule has 5 rings (SSSR count). The van der Waals surface area contributed by atoms with E-state index >= 15 is 0 Å². The zero-order valence-corrected chi connectivity index (χ0v) is 22.9. The second-order valence-corrected chi connectivity index (χ2v) is 10.2. The normalized spacial score (nSPS) is 14.5. The number of ether oxygens (including phenoxy) is 2.